The first-order valence-electron chi connectivity index (χ1n) is 8.08. The first-order chi connectivity index (χ1) is 11.0. The van der Waals surface area contributed by atoms with Crippen LogP contribution in [0.5, 0.6) is 0 Å². The van der Waals surface area contributed by atoms with E-state index in [1.54, 1.807) is 11.0 Å². The van der Waals surface area contributed by atoms with Gasteiger partial charge in [-0.2, -0.15) is 10.0 Å². The first kappa shape index (κ1) is 17.5. The van der Waals surface area contributed by atoms with Gasteiger partial charge in [0.1, 0.15) is 5.00 Å². The number of carbonyl (C=O) groups is 2. The minimum Gasteiger partial charge on any atom is -0.308 e. The Morgan fingerprint density at radius 2 is 1.87 bits per heavy atom. The Morgan fingerprint density at radius 1 is 1.26 bits per heavy atom. The van der Waals surface area contributed by atoms with Crippen molar-refractivity contribution >= 4 is 28.3 Å². The van der Waals surface area contributed by atoms with Gasteiger partial charge in [-0.1, -0.05) is 0 Å². The van der Waals surface area contributed by atoms with Gasteiger partial charge in [-0.05, 0) is 34.1 Å². The van der Waals surface area contributed by atoms with Crippen molar-refractivity contribution < 1.29 is 9.59 Å². The van der Waals surface area contributed by atoms with Crippen LogP contribution in [0.15, 0.2) is 6.20 Å². The fourth-order valence-electron chi connectivity index (χ4n) is 2.41. The molecule has 0 bridgehead atoms. The number of carbonyl (C=O) groups excluding carboxylic acids is 2. The molecule has 0 aliphatic carbocycles. The van der Waals surface area contributed by atoms with Crippen LogP contribution in [-0.2, 0) is 9.59 Å². The van der Waals surface area contributed by atoms with Gasteiger partial charge in [-0.15, -0.1) is 4.18 Å². The lowest BCUT2D eigenvalue weighted by Gasteiger charge is -2.29. The van der Waals surface area contributed by atoms with E-state index in [4.69, 9.17) is 0 Å². The van der Waals surface area contributed by atoms with Crippen LogP contribution in [0.25, 0.3) is 0 Å². The maximum atomic E-state index is 12.2. The number of piperidine rings is 1. The number of rotatable bonds is 6. The summed E-state index contributed by atoms with van der Waals surface area (Å²) in [6, 6.07) is 0.203. The molecule has 0 aromatic carbocycles. The van der Waals surface area contributed by atoms with E-state index in [0.29, 0.717) is 24.3 Å². The van der Waals surface area contributed by atoms with Crippen molar-refractivity contribution in [2.45, 2.75) is 53.0 Å². The van der Waals surface area contributed by atoms with Crippen LogP contribution in [0.2, 0.25) is 0 Å². The second-order valence-electron chi connectivity index (χ2n) is 5.70. The fraction of sp³-hybridized carbons (Fsp3) is 0.714. The average Bonchev–Trinajstić information content (AvgIpc) is 2.47. The van der Waals surface area contributed by atoms with Gasteiger partial charge in [0.05, 0.1) is 6.20 Å². The normalized spacial score (nSPS) is 15.3. The standard InChI is InChI=1S/C14H26N6O2S/c1-5-17(6-2)20-16-18(15-11(3)4)10-14(23-20)19-12(21)8-7-9-13(19)22/h10-11,15-16H,5-9H2,1-4H3. The Morgan fingerprint density at radius 3 is 2.39 bits per heavy atom. The Bertz CT molecular complexity index is 575. The molecule has 1 aliphatic heterocycles. The highest BCUT2D eigenvalue weighted by molar-refractivity contribution is 7.10. The first-order valence-corrected chi connectivity index (χ1v) is 8.85. The minimum atomic E-state index is -0.133. The van der Waals surface area contributed by atoms with Crippen LogP contribution in [-0.4, -0.2) is 45.1 Å². The van der Waals surface area contributed by atoms with E-state index in [0.717, 1.165) is 13.1 Å². The molecule has 0 atom stereocenters. The number of nitrogens with one attached hydrogen (secondary N) is 2. The molecule has 1 aliphatic rings. The molecule has 0 saturated carbocycles. The number of aromatic nitrogens is 3. The van der Waals surface area contributed by atoms with Crippen LogP contribution in [0.3, 0.4) is 0 Å². The SMILES string of the molecule is CCN(CC)n1[nH]n(NC(C)C)cc(N2C(=O)CCCC2=O)s1. The van der Waals surface area contributed by atoms with Crippen molar-refractivity contribution in [3.05, 3.63) is 6.20 Å². The van der Waals surface area contributed by atoms with Crippen LogP contribution < -0.4 is 15.3 Å². The lowest BCUT2D eigenvalue weighted by molar-refractivity contribution is -0.128. The summed E-state index contributed by atoms with van der Waals surface area (Å²) in [7, 11) is 0. The van der Waals surface area contributed by atoms with E-state index in [1.165, 1.54) is 16.4 Å². The van der Waals surface area contributed by atoms with Gasteiger partial charge < -0.3 is 5.43 Å². The molecular weight excluding hydrogens is 316 g/mol. The summed E-state index contributed by atoms with van der Waals surface area (Å²) in [6.07, 6.45) is 3.23. The maximum absolute atomic E-state index is 12.2. The molecule has 9 heteroatoms. The molecule has 2 amide bonds. The maximum Gasteiger partial charge on any atom is 0.234 e. The van der Waals surface area contributed by atoms with Crippen molar-refractivity contribution in [1.29, 1.82) is 0 Å². The van der Waals surface area contributed by atoms with E-state index >= 15 is 0 Å². The lowest BCUT2D eigenvalue weighted by Crippen LogP contribution is -2.42. The summed E-state index contributed by atoms with van der Waals surface area (Å²) in [5.74, 6) is -0.267. The summed E-state index contributed by atoms with van der Waals surface area (Å²) < 4.78 is 1.85. The highest BCUT2D eigenvalue weighted by Gasteiger charge is 2.29. The van der Waals surface area contributed by atoms with Crippen LogP contribution in [0.1, 0.15) is 47.0 Å². The largest absolute Gasteiger partial charge is 0.308 e. The van der Waals surface area contributed by atoms with Gasteiger partial charge in [0.2, 0.25) is 11.8 Å². The van der Waals surface area contributed by atoms with Gasteiger partial charge in [0.25, 0.3) is 0 Å². The van der Waals surface area contributed by atoms with E-state index < -0.39 is 0 Å². The molecule has 0 radical (unpaired) electrons. The number of hydrogen-bond acceptors (Lipinski definition) is 5. The Kier molecular flexibility index (Phi) is 5.75. The number of aromatic amines is 1. The van der Waals surface area contributed by atoms with Gasteiger partial charge in [0.15, 0.2) is 0 Å². The zero-order chi connectivity index (χ0) is 17.0. The van der Waals surface area contributed by atoms with E-state index in [-0.39, 0.29) is 17.9 Å². The third-order valence-electron chi connectivity index (χ3n) is 3.50. The quantitative estimate of drug-likeness (QED) is 0.773. The molecular formula is C14H26N6O2S. The van der Waals surface area contributed by atoms with Crippen molar-refractivity contribution in [2.24, 2.45) is 0 Å². The zero-order valence-corrected chi connectivity index (χ0v) is 15.0. The molecule has 2 N–H and O–H groups in total. The Balaban J connectivity index is 2.46. The van der Waals surface area contributed by atoms with Gasteiger partial charge in [-0.25, -0.2) is 4.90 Å². The number of amides is 2. The number of H-pyrrole nitrogens is 1. The van der Waals surface area contributed by atoms with Crippen molar-refractivity contribution in [3.63, 3.8) is 0 Å². The molecule has 1 saturated heterocycles. The van der Waals surface area contributed by atoms with E-state index in [2.05, 4.69) is 29.5 Å². The summed E-state index contributed by atoms with van der Waals surface area (Å²) in [5, 5.41) is 5.89. The molecule has 1 aromatic heterocycles. The number of anilines is 1. The second-order valence-corrected chi connectivity index (χ2v) is 6.65. The number of hydrogen-bond donors (Lipinski definition) is 2. The fourth-order valence-corrected chi connectivity index (χ4v) is 3.50. The Labute approximate surface area is 140 Å². The third kappa shape index (κ3) is 4.10. The predicted octanol–water partition coefficient (Wildman–Crippen LogP) is 1.78. The lowest BCUT2D eigenvalue weighted by atomic mass is 10.1. The summed E-state index contributed by atoms with van der Waals surface area (Å²) in [5.41, 5.74) is 3.23. The molecule has 23 heavy (non-hydrogen) atoms. The molecule has 1 aromatic rings. The number of nitrogens with zero attached hydrogens (tertiary/aromatic N) is 4. The molecule has 8 nitrogen and oxygen atoms in total. The van der Waals surface area contributed by atoms with Crippen LogP contribution in [0, 0.1) is 0 Å². The molecule has 2 rings (SSSR count). The van der Waals surface area contributed by atoms with Crippen molar-refractivity contribution in [2.75, 3.05) is 28.4 Å². The zero-order valence-electron chi connectivity index (χ0n) is 14.2. The highest BCUT2D eigenvalue weighted by Crippen LogP contribution is 2.24. The molecule has 2 heterocycles. The highest BCUT2D eigenvalue weighted by atomic mass is 32.1. The third-order valence-corrected chi connectivity index (χ3v) is 4.46. The van der Waals surface area contributed by atoms with Gasteiger partial charge in [0, 0.05) is 43.5 Å². The minimum absolute atomic E-state index is 0.133. The smallest absolute Gasteiger partial charge is 0.234 e. The van der Waals surface area contributed by atoms with Gasteiger partial charge >= 0.3 is 0 Å². The Hall–Kier alpha value is -1.90. The van der Waals surface area contributed by atoms with Crippen LogP contribution in [0.4, 0.5) is 5.00 Å². The summed E-state index contributed by atoms with van der Waals surface area (Å²) >= 11 is 1.35. The summed E-state index contributed by atoms with van der Waals surface area (Å²) in [6.45, 7) is 9.77. The topological polar surface area (TPSA) is 78.3 Å². The predicted molar refractivity (Wildman–Crippen MR) is 92.4 cm³/mol. The van der Waals surface area contributed by atoms with E-state index in [9.17, 15) is 9.59 Å². The second kappa shape index (κ2) is 7.58. The molecule has 0 unspecified atom stereocenters. The van der Waals surface area contributed by atoms with E-state index in [1.807, 2.05) is 18.0 Å². The number of imide groups is 1. The molecule has 1 fully saturated rings. The summed E-state index contributed by atoms with van der Waals surface area (Å²) in [4.78, 5) is 27.4. The van der Waals surface area contributed by atoms with Crippen molar-refractivity contribution in [1.82, 2.24) is 14.2 Å². The van der Waals surface area contributed by atoms with Crippen molar-refractivity contribution in [3.8, 4) is 0 Å². The average molecular weight is 342 g/mol. The van der Waals surface area contributed by atoms with Gasteiger partial charge in [-0.3, -0.25) is 14.6 Å². The monoisotopic (exact) mass is 342 g/mol. The molecule has 130 valence electrons. The molecule has 0 spiro atoms. The van der Waals surface area contributed by atoms with Crippen LogP contribution >= 0.6 is 11.5 Å².